The van der Waals surface area contributed by atoms with E-state index in [9.17, 15) is 4.79 Å². The van der Waals surface area contributed by atoms with Gasteiger partial charge in [-0.2, -0.15) is 0 Å². The maximum absolute atomic E-state index is 11.4. The molecule has 1 amide bonds. The summed E-state index contributed by atoms with van der Waals surface area (Å²) in [4.78, 5) is 11.4. The van der Waals surface area contributed by atoms with Gasteiger partial charge in [0.1, 0.15) is 5.41 Å². The summed E-state index contributed by atoms with van der Waals surface area (Å²) in [7, 11) is 0. The summed E-state index contributed by atoms with van der Waals surface area (Å²) in [5, 5.41) is 0. The fourth-order valence-electron chi connectivity index (χ4n) is 1.70. The van der Waals surface area contributed by atoms with E-state index >= 15 is 0 Å². The summed E-state index contributed by atoms with van der Waals surface area (Å²) >= 11 is 0. The number of nitrogens with two attached hydrogens (primary N) is 1. The van der Waals surface area contributed by atoms with Crippen LogP contribution >= 0.6 is 0 Å². The molecule has 1 aromatic rings. The standard InChI is InChI=1S/C11H13NO2/c1-8-3-2-4-9(5-8)11(10(12)13)6-14-7-11/h2-5H,6-7H2,1H3,(H2,12,13). The maximum Gasteiger partial charge on any atom is 0.232 e. The molecule has 2 N–H and O–H groups in total. The van der Waals surface area contributed by atoms with Crippen LogP contribution in [-0.2, 0) is 14.9 Å². The molecule has 1 aromatic carbocycles. The fraction of sp³-hybridized carbons (Fsp3) is 0.364. The van der Waals surface area contributed by atoms with Gasteiger partial charge in [0.25, 0.3) is 0 Å². The van der Waals surface area contributed by atoms with Crippen LogP contribution in [0.5, 0.6) is 0 Å². The Bertz CT molecular complexity index is 369. The van der Waals surface area contributed by atoms with Gasteiger partial charge in [-0.1, -0.05) is 29.8 Å². The van der Waals surface area contributed by atoms with Crippen LogP contribution in [0, 0.1) is 6.92 Å². The average Bonchev–Trinajstić information content (AvgIpc) is 2.00. The molecule has 14 heavy (non-hydrogen) atoms. The highest BCUT2D eigenvalue weighted by molar-refractivity contribution is 5.88. The molecule has 1 aliphatic heterocycles. The first-order valence-electron chi connectivity index (χ1n) is 4.60. The minimum atomic E-state index is -0.577. The van der Waals surface area contributed by atoms with Crippen LogP contribution in [0.2, 0.25) is 0 Å². The molecule has 0 saturated carbocycles. The molecule has 1 fully saturated rings. The van der Waals surface area contributed by atoms with Gasteiger partial charge in [-0.3, -0.25) is 4.79 Å². The Balaban J connectivity index is 2.42. The fourth-order valence-corrected chi connectivity index (χ4v) is 1.70. The monoisotopic (exact) mass is 191 g/mol. The van der Waals surface area contributed by atoms with Crippen molar-refractivity contribution in [3.63, 3.8) is 0 Å². The molecule has 3 heteroatoms. The van der Waals surface area contributed by atoms with Gasteiger partial charge in [-0.25, -0.2) is 0 Å². The first kappa shape index (κ1) is 9.21. The molecular formula is C11H13NO2. The zero-order chi connectivity index (χ0) is 10.2. The van der Waals surface area contributed by atoms with Crippen molar-refractivity contribution in [3.8, 4) is 0 Å². The van der Waals surface area contributed by atoms with Crippen LogP contribution in [0.1, 0.15) is 11.1 Å². The average molecular weight is 191 g/mol. The second-order valence-corrected chi connectivity index (χ2v) is 3.81. The first-order chi connectivity index (χ1) is 6.65. The van der Waals surface area contributed by atoms with Crippen molar-refractivity contribution in [1.82, 2.24) is 0 Å². The van der Waals surface area contributed by atoms with E-state index in [1.165, 1.54) is 0 Å². The number of carbonyl (C=O) groups is 1. The van der Waals surface area contributed by atoms with Crippen LogP contribution in [0.3, 0.4) is 0 Å². The zero-order valence-electron chi connectivity index (χ0n) is 8.12. The van der Waals surface area contributed by atoms with E-state index in [1.807, 2.05) is 31.2 Å². The number of primary amides is 1. The van der Waals surface area contributed by atoms with Gasteiger partial charge in [0.15, 0.2) is 0 Å². The maximum atomic E-state index is 11.4. The lowest BCUT2D eigenvalue weighted by molar-refractivity contribution is -0.141. The molecule has 0 spiro atoms. The predicted molar refractivity (Wildman–Crippen MR) is 52.9 cm³/mol. The highest BCUT2D eigenvalue weighted by Gasteiger charge is 2.46. The minimum Gasteiger partial charge on any atom is -0.378 e. The van der Waals surface area contributed by atoms with Crippen molar-refractivity contribution in [2.75, 3.05) is 13.2 Å². The van der Waals surface area contributed by atoms with Crippen molar-refractivity contribution in [2.24, 2.45) is 5.73 Å². The van der Waals surface area contributed by atoms with E-state index in [2.05, 4.69) is 0 Å². The van der Waals surface area contributed by atoms with Crippen molar-refractivity contribution < 1.29 is 9.53 Å². The Morgan fingerprint density at radius 1 is 1.50 bits per heavy atom. The third kappa shape index (κ3) is 1.21. The Morgan fingerprint density at radius 2 is 2.21 bits per heavy atom. The molecule has 0 aromatic heterocycles. The Hall–Kier alpha value is -1.35. The van der Waals surface area contributed by atoms with Gasteiger partial charge in [-0.05, 0) is 12.5 Å². The Kier molecular flexibility index (Phi) is 2.04. The van der Waals surface area contributed by atoms with Gasteiger partial charge >= 0.3 is 0 Å². The van der Waals surface area contributed by atoms with Crippen LogP contribution in [0.4, 0.5) is 0 Å². The quantitative estimate of drug-likeness (QED) is 0.750. The van der Waals surface area contributed by atoms with E-state index in [4.69, 9.17) is 10.5 Å². The normalized spacial score (nSPS) is 18.6. The molecule has 1 aliphatic rings. The third-order valence-electron chi connectivity index (χ3n) is 2.74. The summed E-state index contributed by atoms with van der Waals surface area (Å²) < 4.78 is 5.09. The summed E-state index contributed by atoms with van der Waals surface area (Å²) in [5.41, 5.74) is 6.92. The van der Waals surface area contributed by atoms with Crippen LogP contribution in [0.15, 0.2) is 24.3 Å². The molecule has 3 nitrogen and oxygen atoms in total. The number of ether oxygens (including phenoxy) is 1. The van der Waals surface area contributed by atoms with E-state index in [-0.39, 0.29) is 5.91 Å². The molecule has 2 rings (SSSR count). The van der Waals surface area contributed by atoms with Gasteiger partial charge < -0.3 is 10.5 Å². The number of hydrogen-bond donors (Lipinski definition) is 1. The summed E-state index contributed by atoms with van der Waals surface area (Å²) in [6.45, 7) is 2.81. The second-order valence-electron chi connectivity index (χ2n) is 3.81. The molecule has 1 saturated heterocycles. The van der Waals surface area contributed by atoms with Crippen molar-refractivity contribution in [2.45, 2.75) is 12.3 Å². The lowest BCUT2D eigenvalue weighted by Gasteiger charge is -2.38. The van der Waals surface area contributed by atoms with Crippen molar-refractivity contribution in [1.29, 1.82) is 0 Å². The smallest absolute Gasteiger partial charge is 0.232 e. The molecule has 0 aliphatic carbocycles. The van der Waals surface area contributed by atoms with E-state index in [0.29, 0.717) is 13.2 Å². The van der Waals surface area contributed by atoms with Crippen molar-refractivity contribution >= 4 is 5.91 Å². The largest absolute Gasteiger partial charge is 0.378 e. The zero-order valence-corrected chi connectivity index (χ0v) is 8.12. The molecular weight excluding hydrogens is 178 g/mol. The molecule has 0 radical (unpaired) electrons. The lowest BCUT2D eigenvalue weighted by Crippen LogP contribution is -2.56. The van der Waals surface area contributed by atoms with Crippen LogP contribution in [0.25, 0.3) is 0 Å². The Morgan fingerprint density at radius 3 is 2.64 bits per heavy atom. The van der Waals surface area contributed by atoms with Crippen LogP contribution < -0.4 is 5.73 Å². The van der Waals surface area contributed by atoms with E-state index in [0.717, 1.165) is 11.1 Å². The predicted octanol–water partition coefficient (Wildman–Crippen LogP) is 0.748. The third-order valence-corrected chi connectivity index (χ3v) is 2.74. The number of amides is 1. The first-order valence-corrected chi connectivity index (χ1v) is 4.60. The lowest BCUT2D eigenvalue weighted by atomic mass is 9.77. The topological polar surface area (TPSA) is 52.3 Å². The van der Waals surface area contributed by atoms with Crippen LogP contribution in [-0.4, -0.2) is 19.1 Å². The highest BCUT2D eigenvalue weighted by Crippen LogP contribution is 2.32. The van der Waals surface area contributed by atoms with Gasteiger partial charge in [-0.15, -0.1) is 0 Å². The SMILES string of the molecule is Cc1cccc(C2(C(N)=O)COC2)c1. The van der Waals surface area contributed by atoms with E-state index in [1.54, 1.807) is 0 Å². The second kappa shape index (κ2) is 3.10. The number of hydrogen-bond acceptors (Lipinski definition) is 2. The molecule has 74 valence electrons. The minimum absolute atomic E-state index is 0.297. The van der Waals surface area contributed by atoms with Gasteiger partial charge in [0, 0.05) is 0 Å². The summed E-state index contributed by atoms with van der Waals surface area (Å²) in [6.07, 6.45) is 0. The molecule has 1 heterocycles. The van der Waals surface area contributed by atoms with E-state index < -0.39 is 5.41 Å². The van der Waals surface area contributed by atoms with Gasteiger partial charge in [0.05, 0.1) is 13.2 Å². The highest BCUT2D eigenvalue weighted by atomic mass is 16.5. The number of rotatable bonds is 2. The summed E-state index contributed by atoms with van der Waals surface area (Å²) in [6, 6.07) is 7.86. The molecule has 0 unspecified atom stereocenters. The number of carbonyl (C=O) groups excluding carboxylic acids is 1. The summed E-state index contributed by atoms with van der Waals surface area (Å²) in [5.74, 6) is -0.297. The number of aryl methyl sites for hydroxylation is 1. The molecule has 0 bridgehead atoms. The Labute approximate surface area is 82.9 Å². The number of benzene rings is 1. The molecule has 0 atom stereocenters. The van der Waals surface area contributed by atoms with Gasteiger partial charge in [0.2, 0.25) is 5.91 Å². The van der Waals surface area contributed by atoms with Crippen molar-refractivity contribution in [3.05, 3.63) is 35.4 Å².